The van der Waals surface area contributed by atoms with Crippen molar-refractivity contribution in [3.63, 3.8) is 0 Å². The van der Waals surface area contributed by atoms with Crippen molar-refractivity contribution in [3.05, 3.63) is 0 Å². The normalized spacial score (nSPS) is 37.8. The van der Waals surface area contributed by atoms with Crippen LogP contribution in [0.1, 0.15) is 39.5 Å². The summed E-state index contributed by atoms with van der Waals surface area (Å²) in [7, 11) is 1.82. The average molecular weight is 170 g/mol. The standard InChI is InChI=1S/C11H22O/c1-9-5-4-6-11(8-12-3)10(2)7-9/h9-11H,4-8H2,1-3H3. The van der Waals surface area contributed by atoms with E-state index in [0.29, 0.717) is 0 Å². The van der Waals surface area contributed by atoms with Crippen LogP contribution >= 0.6 is 0 Å². The van der Waals surface area contributed by atoms with Crippen molar-refractivity contribution in [2.75, 3.05) is 13.7 Å². The zero-order valence-electron chi connectivity index (χ0n) is 8.68. The molecule has 0 aromatic carbocycles. The topological polar surface area (TPSA) is 9.23 Å². The quantitative estimate of drug-likeness (QED) is 0.579. The maximum atomic E-state index is 5.24. The summed E-state index contributed by atoms with van der Waals surface area (Å²) in [5, 5.41) is 0. The highest BCUT2D eigenvalue weighted by Gasteiger charge is 2.22. The van der Waals surface area contributed by atoms with E-state index < -0.39 is 0 Å². The van der Waals surface area contributed by atoms with E-state index >= 15 is 0 Å². The molecular formula is C11H22O. The fourth-order valence-corrected chi connectivity index (χ4v) is 2.42. The van der Waals surface area contributed by atoms with E-state index in [4.69, 9.17) is 4.74 Å². The van der Waals surface area contributed by atoms with Crippen LogP contribution in [-0.2, 0) is 4.74 Å². The fraction of sp³-hybridized carbons (Fsp3) is 1.00. The van der Waals surface area contributed by atoms with Gasteiger partial charge in [-0.3, -0.25) is 0 Å². The summed E-state index contributed by atoms with van der Waals surface area (Å²) in [5.74, 6) is 2.62. The highest BCUT2D eigenvalue weighted by atomic mass is 16.5. The Morgan fingerprint density at radius 3 is 2.67 bits per heavy atom. The number of hydrogen-bond acceptors (Lipinski definition) is 1. The SMILES string of the molecule is COCC1CCCC(C)CC1C. The Morgan fingerprint density at radius 2 is 2.00 bits per heavy atom. The molecule has 0 aromatic rings. The first-order valence-electron chi connectivity index (χ1n) is 5.23. The molecule has 1 fully saturated rings. The molecule has 0 N–H and O–H groups in total. The van der Waals surface area contributed by atoms with Crippen LogP contribution in [0, 0.1) is 17.8 Å². The van der Waals surface area contributed by atoms with Gasteiger partial charge in [-0.2, -0.15) is 0 Å². The van der Waals surface area contributed by atoms with Gasteiger partial charge in [0, 0.05) is 13.7 Å². The molecule has 0 saturated heterocycles. The Labute approximate surface area is 76.5 Å². The summed E-state index contributed by atoms with van der Waals surface area (Å²) in [6.07, 6.45) is 5.59. The van der Waals surface area contributed by atoms with Crippen LogP contribution in [-0.4, -0.2) is 13.7 Å². The van der Waals surface area contributed by atoms with Gasteiger partial charge in [-0.15, -0.1) is 0 Å². The van der Waals surface area contributed by atoms with E-state index in [1.807, 2.05) is 7.11 Å². The molecule has 3 unspecified atom stereocenters. The summed E-state index contributed by atoms with van der Waals surface area (Å²) < 4.78 is 5.24. The van der Waals surface area contributed by atoms with Crippen LogP contribution in [0.25, 0.3) is 0 Å². The van der Waals surface area contributed by atoms with E-state index in [-0.39, 0.29) is 0 Å². The zero-order chi connectivity index (χ0) is 8.97. The average Bonchev–Trinajstić information content (AvgIpc) is 2.15. The molecule has 1 heteroatoms. The third kappa shape index (κ3) is 2.78. The minimum absolute atomic E-state index is 0.819. The van der Waals surface area contributed by atoms with Crippen LogP contribution in [0.3, 0.4) is 0 Å². The van der Waals surface area contributed by atoms with Crippen LogP contribution in [0.2, 0.25) is 0 Å². The predicted octanol–water partition coefficient (Wildman–Crippen LogP) is 3.10. The Bertz CT molecular complexity index is 122. The minimum Gasteiger partial charge on any atom is -0.384 e. The maximum Gasteiger partial charge on any atom is 0.0493 e. The van der Waals surface area contributed by atoms with Crippen molar-refractivity contribution in [2.45, 2.75) is 39.5 Å². The molecule has 3 atom stereocenters. The van der Waals surface area contributed by atoms with E-state index in [0.717, 1.165) is 24.4 Å². The van der Waals surface area contributed by atoms with E-state index in [9.17, 15) is 0 Å². The lowest BCUT2D eigenvalue weighted by Gasteiger charge is -2.21. The molecule has 0 bridgehead atoms. The summed E-state index contributed by atoms with van der Waals surface area (Å²) in [4.78, 5) is 0. The van der Waals surface area contributed by atoms with Gasteiger partial charge in [0.05, 0.1) is 0 Å². The molecule has 1 saturated carbocycles. The summed E-state index contributed by atoms with van der Waals surface area (Å²) >= 11 is 0. The second-order valence-corrected chi connectivity index (χ2v) is 4.46. The van der Waals surface area contributed by atoms with Crippen molar-refractivity contribution in [1.29, 1.82) is 0 Å². The molecule has 0 aromatic heterocycles. The molecule has 1 rings (SSSR count). The summed E-state index contributed by atoms with van der Waals surface area (Å²) in [5.41, 5.74) is 0. The molecule has 0 spiro atoms. The molecule has 1 aliphatic carbocycles. The monoisotopic (exact) mass is 170 g/mol. The van der Waals surface area contributed by atoms with Gasteiger partial charge < -0.3 is 4.74 Å². The molecule has 0 aliphatic heterocycles. The second kappa shape index (κ2) is 4.86. The fourth-order valence-electron chi connectivity index (χ4n) is 2.42. The number of ether oxygens (including phenoxy) is 1. The van der Waals surface area contributed by atoms with E-state index in [1.54, 1.807) is 0 Å². The molecule has 1 nitrogen and oxygen atoms in total. The van der Waals surface area contributed by atoms with Gasteiger partial charge in [-0.05, 0) is 30.6 Å². The zero-order valence-corrected chi connectivity index (χ0v) is 8.68. The van der Waals surface area contributed by atoms with Crippen LogP contribution in [0.15, 0.2) is 0 Å². The maximum absolute atomic E-state index is 5.24. The van der Waals surface area contributed by atoms with Crippen molar-refractivity contribution < 1.29 is 4.74 Å². The van der Waals surface area contributed by atoms with Gasteiger partial charge in [0.25, 0.3) is 0 Å². The molecular weight excluding hydrogens is 148 g/mol. The van der Waals surface area contributed by atoms with Crippen molar-refractivity contribution >= 4 is 0 Å². The second-order valence-electron chi connectivity index (χ2n) is 4.46. The number of hydrogen-bond donors (Lipinski definition) is 0. The Balaban J connectivity index is 2.40. The van der Waals surface area contributed by atoms with Gasteiger partial charge in [0.1, 0.15) is 0 Å². The first kappa shape index (κ1) is 10.0. The van der Waals surface area contributed by atoms with Crippen molar-refractivity contribution in [1.82, 2.24) is 0 Å². The molecule has 1 aliphatic rings. The van der Waals surface area contributed by atoms with Gasteiger partial charge in [0.2, 0.25) is 0 Å². The summed E-state index contributed by atoms with van der Waals surface area (Å²) in [6.45, 7) is 5.73. The minimum atomic E-state index is 0.819. The highest BCUT2D eigenvalue weighted by molar-refractivity contribution is 4.73. The predicted molar refractivity (Wildman–Crippen MR) is 52.2 cm³/mol. The number of methoxy groups -OCH3 is 1. The Morgan fingerprint density at radius 1 is 1.25 bits per heavy atom. The van der Waals surface area contributed by atoms with Gasteiger partial charge in [-0.1, -0.05) is 26.7 Å². The van der Waals surface area contributed by atoms with Gasteiger partial charge in [0.15, 0.2) is 0 Å². The van der Waals surface area contributed by atoms with Gasteiger partial charge in [-0.25, -0.2) is 0 Å². The Hall–Kier alpha value is -0.0400. The molecule has 12 heavy (non-hydrogen) atoms. The number of rotatable bonds is 2. The molecule has 72 valence electrons. The van der Waals surface area contributed by atoms with Crippen molar-refractivity contribution in [2.24, 2.45) is 17.8 Å². The third-order valence-electron chi connectivity index (χ3n) is 3.23. The summed E-state index contributed by atoms with van der Waals surface area (Å²) in [6, 6.07) is 0. The first-order chi connectivity index (χ1) is 5.74. The van der Waals surface area contributed by atoms with Gasteiger partial charge >= 0.3 is 0 Å². The van der Waals surface area contributed by atoms with E-state index in [1.165, 1.54) is 25.7 Å². The van der Waals surface area contributed by atoms with Crippen LogP contribution in [0.4, 0.5) is 0 Å². The highest BCUT2D eigenvalue weighted by Crippen LogP contribution is 2.31. The van der Waals surface area contributed by atoms with E-state index in [2.05, 4.69) is 13.8 Å². The lowest BCUT2D eigenvalue weighted by atomic mass is 9.88. The lowest BCUT2D eigenvalue weighted by molar-refractivity contribution is 0.118. The largest absolute Gasteiger partial charge is 0.384 e. The van der Waals surface area contributed by atoms with Crippen LogP contribution < -0.4 is 0 Å². The molecule has 0 amide bonds. The molecule has 0 radical (unpaired) electrons. The smallest absolute Gasteiger partial charge is 0.0493 e. The van der Waals surface area contributed by atoms with Crippen LogP contribution in [0.5, 0.6) is 0 Å². The van der Waals surface area contributed by atoms with Crippen molar-refractivity contribution in [3.8, 4) is 0 Å². The first-order valence-corrected chi connectivity index (χ1v) is 5.23. The lowest BCUT2D eigenvalue weighted by Crippen LogP contribution is -2.16. The third-order valence-corrected chi connectivity index (χ3v) is 3.23. The molecule has 0 heterocycles. The Kier molecular flexibility index (Phi) is 4.07.